The van der Waals surface area contributed by atoms with Crippen molar-refractivity contribution in [3.05, 3.63) is 71.3 Å². The molecule has 24 heavy (non-hydrogen) atoms. The summed E-state index contributed by atoms with van der Waals surface area (Å²) in [6, 6.07) is 12.3. The van der Waals surface area contributed by atoms with Crippen LogP contribution in [0.2, 0.25) is 0 Å². The van der Waals surface area contributed by atoms with Crippen LogP contribution < -0.4 is 0 Å². The molecule has 2 atom stereocenters. The fraction of sp³-hybridized carbons (Fsp3) is 0.368. The van der Waals surface area contributed by atoms with Gasteiger partial charge in [0, 0.05) is 31.5 Å². The van der Waals surface area contributed by atoms with Gasteiger partial charge in [-0.1, -0.05) is 43.3 Å². The van der Waals surface area contributed by atoms with Crippen LogP contribution in [0.3, 0.4) is 0 Å². The summed E-state index contributed by atoms with van der Waals surface area (Å²) >= 11 is 0. The first kappa shape index (κ1) is 17.0. The molecular formula is C19H19F4N. The van der Waals surface area contributed by atoms with Gasteiger partial charge in [-0.2, -0.15) is 0 Å². The largest absolute Gasteiger partial charge is 0.291 e. The second-order valence-corrected chi connectivity index (χ2v) is 6.47. The molecule has 0 aliphatic carbocycles. The number of piperidine rings is 1. The van der Waals surface area contributed by atoms with Crippen LogP contribution in [0.4, 0.5) is 17.6 Å². The van der Waals surface area contributed by atoms with Crippen molar-refractivity contribution in [3.8, 4) is 0 Å². The molecule has 1 aliphatic heterocycles. The molecule has 2 aromatic rings. The van der Waals surface area contributed by atoms with Crippen molar-refractivity contribution in [3.63, 3.8) is 0 Å². The number of hydrogen-bond donors (Lipinski definition) is 0. The first-order valence-corrected chi connectivity index (χ1v) is 7.97. The van der Waals surface area contributed by atoms with E-state index in [-0.39, 0.29) is 6.54 Å². The maximum atomic E-state index is 14.2. The number of nitrogens with zero attached hydrogens (tertiary/aromatic N) is 1. The third-order valence-electron chi connectivity index (χ3n) is 4.69. The Morgan fingerprint density at radius 1 is 1.04 bits per heavy atom. The van der Waals surface area contributed by atoms with Gasteiger partial charge in [-0.15, -0.1) is 0 Å². The van der Waals surface area contributed by atoms with E-state index < -0.39 is 35.9 Å². The predicted octanol–water partition coefficient (Wildman–Crippen LogP) is 5.18. The highest BCUT2D eigenvalue weighted by Crippen LogP contribution is 2.43. The zero-order valence-electron chi connectivity index (χ0n) is 13.4. The van der Waals surface area contributed by atoms with Crippen LogP contribution in [0.15, 0.2) is 48.5 Å². The highest BCUT2D eigenvalue weighted by molar-refractivity contribution is 5.24. The lowest BCUT2D eigenvalue weighted by atomic mass is 9.86. The van der Waals surface area contributed by atoms with Crippen molar-refractivity contribution in [2.24, 2.45) is 5.92 Å². The van der Waals surface area contributed by atoms with E-state index in [2.05, 4.69) is 0 Å². The summed E-state index contributed by atoms with van der Waals surface area (Å²) in [7, 11) is 0. The molecule has 0 radical (unpaired) electrons. The van der Waals surface area contributed by atoms with Crippen LogP contribution in [0.1, 0.15) is 30.5 Å². The van der Waals surface area contributed by atoms with Gasteiger partial charge >= 0.3 is 0 Å². The summed E-state index contributed by atoms with van der Waals surface area (Å²) in [4.78, 5) is 1.92. The molecule has 1 saturated heterocycles. The fourth-order valence-electron chi connectivity index (χ4n) is 3.24. The molecule has 0 saturated carbocycles. The SMILES string of the molecule is CC1CN(Cc2ccccc2)C(c2ccc(F)c(F)c2)CC1(F)F. The zero-order chi connectivity index (χ0) is 17.3. The number of hydrogen-bond acceptors (Lipinski definition) is 1. The monoisotopic (exact) mass is 337 g/mol. The summed E-state index contributed by atoms with van der Waals surface area (Å²) in [5.41, 5.74) is 1.39. The molecule has 5 heteroatoms. The van der Waals surface area contributed by atoms with Gasteiger partial charge in [0.25, 0.3) is 5.92 Å². The molecule has 2 aromatic carbocycles. The smallest absolute Gasteiger partial charge is 0.253 e. The van der Waals surface area contributed by atoms with Crippen molar-refractivity contribution in [1.29, 1.82) is 0 Å². The Bertz CT molecular complexity index is 702. The van der Waals surface area contributed by atoms with Crippen LogP contribution in [0.25, 0.3) is 0 Å². The van der Waals surface area contributed by atoms with Crippen molar-refractivity contribution in [2.45, 2.75) is 31.9 Å². The summed E-state index contributed by atoms with van der Waals surface area (Å²) in [6.45, 7) is 2.22. The average molecular weight is 337 g/mol. The van der Waals surface area contributed by atoms with Gasteiger partial charge in [-0.3, -0.25) is 4.90 Å². The summed E-state index contributed by atoms with van der Waals surface area (Å²) in [6.07, 6.45) is -0.397. The second kappa shape index (κ2) is 6.55. The third-order valence-corrected chi connectivity index (χ3v) is 4.69. The van der Waals surface area contributed by atoms with E-state index in [0.29, 0.717) is 12.1 Å². The highest BCUT2D eigenvalue weighted by Gasteiger charge is 2.46. The highest BCUT2D eigenvalue weighted by atomic mass is 19.3. The van der Waals surface area contributed by atoms with E-state index in [0.717, 1.165) is 17.7 Å². The lowest BCUT2D eigenvalue weighted by molar-refractivity contribution is -0.123. The van der Waals surface area contributed by atoms with E-state index in [1.807, 2.05) is 35.2 Å². The Balaban J connectivity index is 1.92. The average Bonchev–Trinajstić information content (AvgIpc) is 2.54. The van der Waals surface area contributed by atoms with Crippen LogP contribution in [-0.4, -0.2) is 17.4 Å². The number of likely N-dealkylation sites (tertiary alicyclic amines) is 1. The minimum absolute atomic E-state index is 0.200. The maximum Gasteiger partial charge on any atom is 0.253 e. The molecule has 128 valence electrons. The Morgan fingerprint density at radius 2 is 1.75 bits per heavy atom. The normalized spacial score (nSPS) is 24.0. The Labute approximate surface area is 138 Å². The molecule has 1 aliphatic rings. The van der Waals surface area contributed by atoms with E-state index in [1.165, 1.54) is 13.0 Å². The molecule has 0 amide bonds. The molecule has 3 rings (SSSR count). The van der Waals surface area contributed by atoms with E-state index >= 15 is 0 Å². The van der Waals surface area contributed by atoms with Gasteiger partial charge in [0.15, 0.2) is 11.6 Å². The molecule has 1 nitrogen and oxygen atoms in total. The Kier molecular flexibility index (Phi) is 4.63. The quantitative estimate of drug-likeness (QED) is 0.697. The van der Waals surface area contributed by atoms with E-state index in [9.17, 15) is 17.6 Å². The van der Waals surface area contributed by atoms with Crippen molar-refractivity contribution in [2.75, 3.05) is 6.54 Å². The zero-order valence-corrected chi connectivity index (χ0v) is 13.4. The predicted molar refractivity (Wildman–Crippen MR) is 84.7 cm³/mol. The molecule has 1 heterocycles. The molecule has 0 N–H and O–H groups in total. The lowest BCUT2D eigenvalue weighted by Gasteiger charge is -2.43. The standard InChI is InChI=1S/C19H19F4N/c1-13-11-24(12-14-5-3-2-4-6-14)18(10-19(13,22)23)15-7-8-16(20)17(21)9-15/h2-9,13,18H,10-12H2,1H3. The molecule has 0 bridgehead atoms. The van der Waals surface area contributed by atoms with Gasteiger partial charge in [-0.05, 0) is 23.3 Å². The Morgan fingerprint density at radius 3 is 2.42 bits per heavy atom. The molecular weight excluding hydrogens is 318 g/mol. The molecule has 2 unspecified atom stereocenters. The second-order valence-electron chi connectivity index (χ2n) is 6.47. The third kappa shape index (κ3) is 3.46. The van der Waals surface area contributed by atoms with Crippen LogP contribution in [0, 0.1) is 17.6 Å². The number of rotatable bonds is 3. The first-order chi connectivity index (χ1) is 11.4. The van der Waals surface area contributed by atoms with Gasteiger partial charge in [-0.25, -0.2) is 17.6 Å². The first-order valence-electron chi connectivity index (χ1n) is 7.97. The Hall–Kier alpha value is -1.88. The minimum Gasteiger partial charge on any atom is -0.291 e. The lowest BCUT2D eigenvalue weighted by Crippen LogP contribution is -2.47. The minimum atomic E-state index is -2.83. The van der Waals surface area contributed by atoms with Crippen LogP contribution >= 0.6 is 0 Å². The van der Waals surface area contributed by atoms with E-state index in [4.69, 9.17) is 0 Å². The number of benzene rings is 2. The topological polar surface area (TPSA) is 3.24 Å². The van der Waals surface area contributed by atoms with Gasteiger partial charge in [0.05, 0.1) is 0 Å². The molecule has 0 spiro atoms. The summed E-state index contributed by atoms with van der Waals surface area (Å²) in [5.74, 6) is -5.59. The maximum absolute atomic E-state index is 14.2. The number of halogens is 4. The fourth-order valence-corrected chi connectivity index (χ4v) is 3.24. The molecule has 1 fully saturated rings. The van der Waals surface area contributed by atoms with Crippen molar-refractivity contribution >= 4 is 0 Å². The summed E-state index contributed by atoms with van der Waals surface area (Å²) < 4.78 is 55.2. The van der Waals surface area contributed by atoms with Gasteiger partial charge in [0.2, 0.25) is 0 Å². The number of alkyl halides is 2. The van der Waals surface area contributed by atoms with Crippen molar-refractivity contribution < 1.29 is 17.6 Å². The summed E-state index contributed by atoms with van der Waals surface area (Å²) in [5, 5.41) is 0. The van der Waals surface area contributed by atoms with Crippen LogP contribution in [-0.2, 0) is 6.54 Å². The van der Waals surface area contributed by atoms with Gasteiger partial charge < -0.3 is 0 Å². The van der Waals surface area contributed by atoms with E-state index in [1.54, 1.807) is 0 Å². The van der Waals surface area contributed by atoms with Gasteiger partial charge in [0.1, 0.15) is 0 Å². The van der Waals surface area contributed by atoms with Crippen LogP contribution in [0.5, 0.6) is 0 Å². The van der Waals surface area contributed by atoms with Crippen molar-refractivity contribution in [1.82, 2.24) is 4.90 Å². The molecule has 0 aromatic heterocycles.